The number of phenolic OH excluding ortho intramolecular Hbond substituents is 2. The van der Waals surface area contributed by atoms with Crippen LogP contribution in [0.15, 0.2) is 46.1 Å². The van der Waals surface area contributed by atoms with Crippen LogP contribution in [-0.2, 0) is 23.8 Å². The molecule has 1 spiro atoms. The topological polar surface area (TPSA) is 216 Å². The molecule has 0 radical (unpaired) electrons. The molecular formula is C57H82N6O11. The number of esters is 1. The Hall–Kier alpha value is -4.91. The van der Waals surface area contributed by atoms with Gasteiger partial charge in [-0.2, -0.15) is 0 Å². The summed E-state index contributed by atoms with van der Waals surface area (Å²) in [5.41, 5.74) is -0.0944. The smallest absolute Gasteiger partial charge is 0.320 e. The van der Waals surface area contributed by atoms with Gasteiger partial charge in [-0.3, -0.25) is 24.3 Å². The van der Waals surface area contributed by atoms with Crippen molar-refractivity contribution in [1.82, 2.24) is 14.7 Å². The monoisotopic (exact) mass is 1030 g/mol. The Morgan fingerprint density at radius 2 is 1.54 bits per heavy atom. The summed E-state index contributed by atoms with van der Waals surface area (Å²) in [6.45, 7) is 23.0. The number of hydrogen-bond acceptors (Lipinski definition) is 16. The molecule has 9 atom stereocenters. The van der Waals surface area contributed by atoms with Crippen LogP contribution in [0.4, 0.5) is 5.69 Å². The van der Waals surface area contributed by atoms with E-state index in [9.17, 15) is 34.8 Å². The summed E-state index contributed by atoms with van der Waals surface area (Å²) in [5, 5.41) is 51.7. The van der Waals surface area contributed by atoms with Crippen LogP contribution < -0.4 is 20.8 Å². The van der Waals surface area contributed by atoms with Crippen molar-refractivity contribution in [2.75, 3.05) is 71.3 Å². The van der Waals surface area contributed by atoms with Gasteiger partial charge in [-0.1, -0.05) is 79.0 Å². The molecule has 1 aliphatic carbocycles. The van der Waals surface area contributed by atoms with Gasteiger partial charge in [0, 0.05) is 119 Å². The number of piperidine rings is 1. The molecular weight excluding hydrogens is 945 g/mol. The molecule has 1 amide bonds. The number of ether oxygens (including phenoxy) is 4. The Labute approximate surface area is 436 Å². The molecule has 9 rings (SSSR count). The third-order valence-corrected chi connectivity index (χ3v) is 16.9. The van der Waals surface area contributed by atoms with Gasteiger partial charge in [-0.05, 0) is 44.6 Å². The highest BCUT2D eigenvalue weighted by Gasteiger charge is 2.51. The molecule has 74 heavy (non-hydrogen) atoms. The lowest BCUT2D eigenvalue weighted by Gasteiger charge is -2.39. The molecule has 6 aliphatic heterocycles. The number of aromatic hydroxyl groups is 2. The number of carbonyl (C=O) groups excluding carboxylic acids is 3. The number of carbonyl (C=O) groups is 3. The predicted octanol–water partition coefficient (Wildman–Crippen LogP) is 5.93. The van der Waals surface area contributed by atoms with Gasteiger partial charge >= 0.3 is 11.8 Å². The van der Waals surface area contributed by atoms with Crippen LogP contribution in [0.1, 0.15) is 116 Å². The third kappa shape index (κ3) is 11.3. The number of nitrogens with zero attached hydrogens (tertiary/aromatic N) is 5. The van der Waals surface area contributed by atoms with Gasteiger partial charge < -0.3 is 54.5 Å². The number of benzene rings is 2. The average molecular weight is 1030 g/mol. The van der Waals surface area contributed by atoms with Gasteiger partial charge in [0.05, 0.1) is 47.8 Å². The van der Waals surface area contributed by atoms with Crippen molar-refractivity contribution in [3.05, 3.63) is 58.0 Å². The fourth-order valence-electron chi connectivity index (χ4n) is 12.3. The van der Waals surface area contributed by atoms with Crippen molar-refractivity contribution in [2.24, 2.45) is 45.5 Å². The van der Waals surface area contributed by atoms with Crippen LogP contribution in [0.25, 0.3) is 10.8 Å². The van der Waals surface area contributed by atoms with Crippen molar-refractivity contribution >= 4 is 34.1 Å². The van der Waals surface area contributed by atoms with Crippen LogP contribution >= 0.6 is 0 Å². The first-order chi connectivity index (χ1) is 35.2. The van der Waals surface area contributed by atoms with Gasteiger partial charge in [-0.25, -0.2) is 4.99 Å². The number of aliphatic hydroxyl groups excluding tert-OH is 2. The van der Waals surface area contributed by atoms with Crippen molar-refractivity contribution in [3.63, 3.8) is 0 Å². The molecule has 1 saturated carbocycles. The number of methoxy groups -OCH3 is 1. The van der Waals surface area contributed by atoms with Gasteiger partial charge in [0.2, 0.25) is 0 Å². The van der Waals surface area contributed by atoms with E-state index >= 15 is 0 Å². The number of anilines is 1. The maximum absolute atomic E-state index is 15.0. The molecule has 3 fully saturated rings. The maximum atomic E-state index is 15.0. The minimum Gasteiger partial charge on any atom is -0.507 e. The quantitative estimate of drug-likeness (QED) is 0.153. The largest absolute Gasteiger partial charge is 0.507 e. The summed E-state index contributed by atoms with van der Waals surface area (Å²) >= 11 is 0. The van der Waals surface area contributed by atoms with E-state index in [0.717, 1.165) is 58.3 Å². The van der Waals surface area contributed by atoms with E-state index in [1.54, 1.807) is 52.0 Å². The van der Waals surface area contributed by atoms with Crippen LogP contribution in [0.3, 0.4) is 0 Å². The minimum absolute atomic E-state index is 0.0609. The standard InChI is InChI=1S/C57H82N6O11/c1-32(2)29-61-22-20-57(21-23-61)59-45-42-43-50(67)38(8)53-44(42)54(69)56(9,74-53)72-28-19-40(71-10)35(5)52(73-41(64)31-63-26-24-62(25-27-63)30-39-17-12-11-13-18-39)37(7)49(66)36(6)48(65)33(3)15-14-16-34(4)55(70)58-47(51(43)68)46(45)60-57/h14-16,19,28,32-33,35-37,39-40,48-49,52,59,65-68H,11-13,17-18,20-27,29-31H2,1-10H3/b15-14+,28-19+,34-16-,58-47?/t33-,35+,36+,37+,40-,48-,49+,52+,56-/m0/s1. The molecule has 2 saturated heterocycles. The first-order valence-electron chi connectivity index (χ1n) is 27.2. The van der Waals surface area contributed by atoms with Gasteiger partial charge in [-0.15, -0.1) is 0 Å². The molecule has 0 unspecified atom stereocenters. The van der Waals surface area contributed by atoms with Gasteiger partial charge in [0.15, 0.2) is 5.75 Å². The second kappa shape index (κ2) is 22.7. The fourth-order valence-corrected chi connectivity index (χ4v) is 12.3. The predicted molar refractivity (Wildman–Crippen MR) is 281 cm³/mol. The average Bonchev–Trinajstić information content (AvgIpc) is 3.88. The normalized spacial score (nSPS) is 32.3. The van der Waals surface area contributed by atoms with Crippen LogP contribution in [0, 0.1) is 42.4 Å². The highest BCUT2D eigenvalue weighted by molar-refractivity contribution is 6.21. The molecule has 2 aromatic rings. The molecule has 406 valence electrons. The van der Waals surface area contributed by atoms with Crippen molar-refractivity contribution in [3.8, 4) is 17.2 Å². The van der Waals surface area contributed by atoms with Crippen LogP contribution in [-0.4, -0.2) is 155 Å². The highest BCUT2D eigenvalue weighted by Crippen LogP contribution is 2.51. The zero-order valence-electron chi connectivity index (χ0n) is 45.4. The lowest BCUT2D eigenvalue weighted by Crippen LogP contribution is -2.51. The molecule has 6 heterocycles. The summed E-state index contributed by atoms with van der Waals surface area (Å²) in [6, 6.07) is 0. The van der Waals surface area contributed by atoms with Gasteiger partial charge in [0.1, 0.15) is 34.0 Å². The second-order valence-electron chi connectivity index (χ2n) is 22.9. The second-order valence-corrected chi connectivity index (χ2v) is 22.9. The number of allylic oxidation sites excluding steroid dienone is 2. The summed E-state index contributed by atoms with van der Waals surface area (Å²) < 4.78 is 25.1. The lowest BCUT2D eigenvalue weighted by molar-refractivity contribution is -0.165. The van der Waals surface area contributed by atoms with E-state index in [4.69, 9.17) is 23.9 Å². The summed E-state index contributed by atoms with van der Waals surface area (Å²) in [6.07, 6.45) is 11.7. The summed E-state index contributed by atoms with van der Waals surface area (Å²) in [4.78, 5) is 59.7. The molecule has 17 heteroatoms. The van der Waals surface area contributed by atoms with Crippen molar-refractivity contribution in [1.29, 1.82) is 0 Å². The van der Waals surface area contributed by atoms with E-state index < -0.39 is 82.9 Å². The third-order valence-electron chi connectivity index (χ3n) is 16.9. The fraction of sp³-hybridized carbons (Fsp3) is 0.667. The molecule has 5 N–H and O–H groups in total. The Balaban J connectivity index is 1.14. The van der Waals surface area contributed by atoms with Crippen LogP contribution in [0.5, 0.6) is 17.2 Å². The van der Waals surface area contributed by atoms with Gasteiger partial charge in [0.25, 0.3) is 11.7 Å². The maximum Gasteiger partial charge on any atom is 0.320 e. The van der Waals surface area contributed by atoms with E-state index in [2.05, 4.69) is 38.9 Å². The molecule has 17 nitrogen and oxygen atoms in total. The van der Waals surface area contributed by atoms with Crippen LogP contribution in [0.2, 0.25) is 0 Å². The number of hydrogen-bond donors (Lipinski definition) is 5. The number of ketones is 1. The number of nitrogens with one attached hydrogen (secondary N) is 1. The van der Waals surface area contributed by atoms with E-state index in [1.807, 2.05) is 13.8 Å². The van der Waals surface area contributed by atoms with Crippen molar-refractivity contribution < 1.29 is 53.8 Å². The number of fused-ring (bicyclic) bond motifs is 13. The lowest BCUT2D eigenvalue weighted by atomic mass is 9.78. The Bertz CT molecular complexity index is 2650. The molecule has 7 aliphatic rings. The number of aliphatic hydroxyl groups is 2. The van der Waals surface area contributed by atoms with E-state index in [0.29, 0.717) is 24.4 Å². The number of phenols is 2. The Morgan fingerprint density at radius 1 is 0.865 bits per heavy atom. The number of likely N-dealkylation sites (tertiary alicyclic amines) is 1. The van der Waals surface area contributed by atoms with E-state index in [-0.39, 0.29) is 56.2 Å². The molecule has 0 aromatic heterocycles. The summed E-state index contributed by atoms with van der Waals surface area (Å²) in [5.74, 6) is -5.77. The zero-order valence-corrected chi connectivity index (χ0v) is 45.4. The first kappa shape index (κ1) is 55.3. The minimum atomic E-state index is -1.97. The highest BCUT2D eigenvalue weighted by atomic mass is 16.7. The number of Topliss-reactive ketones (excluding diaryl/α,β-unsaturated/α-hetero) is 1. The molecule has 2 aromatic carbocycles. The Morgan fingerprint density at radius 3 is 2.20 bits per heavy atom. The number of amides is 1. The first-order valence-corrected chi connectivity index (χ1v) is 27.2. The molecule has 5 bridgehead atoms. The SMILES string of the molecule is CO[C@H]1/C=C/O[C@@]2(C)Oc3c(C)c(O)c4c(O)c(c5c(c4c3C2=O)NC2(CCN(CC(C)C)CC2)N=5)=NC(=O)/C(C)=C\C=C\[C@H](C)[C@H](O)[C@@H](C)[C@@H](O)[C@@H](C)[C@H](OC(=O)CN2CCN(CC3CCCCC3)CC2)[C@@H]1C. The number of piperazine rings is 1. The zero-order chi connectivity index (χ0) is 53.4. The van der Waals surface area contributed by atoms with Crippen molar-refractivity contribution in [2.45, 2.75) is 143 Å². The number of rotatable bonds is 8. The Kier molecular flexibility index (Phi) is 17.0. The summed E-state index contributed by atoms with van der Waals surface area (Å²) in [7, 11) is 1.51. The van der Waals surface area contributed by atoms with E-state index in [1.165, 1.54) is 52.4 Å².